The van der Waals surface area contributed by atoms with E-state index in [9.17, 15) is 9.59 Å². The minimum atomic E-state index is -0.826. The van der Waals surface area contributed by atoms with Crippen LogP contribution in [-0.4, -0.2) is 26.5 Å². The smallest absolute Gasteiger partial charge is 0.497 e. The van der Waals surface area contributed by atoms with Crippen LogP contribution in [0.1, 0.15) is 43.2 Å². The maximum absolute atomic E-state index is 12.8. The Kier molecular flexibility index (Phi) is 12.3. The molecule has 9 nitrogen and oxygen atoms in total. The highest BCUT2D eigenvalue weighted by molar-refractivity contribution is 5.70. The van der Waals surface area contributed by atoms with Crippen LogP contribution in [0, 0.1) is 0 Å². The van der Waals surface area contributed by atoms with Crippen LogP contribution < -0.4 is 28.4 Å². The number of methoxy groups -OCH3 is 2. The molecule has 0 radical (unpaired) electrons. The third-order valence-electron chi connectivity index (χ3n) is 10.9. The monoisotopic (exact) mass is 812 g/mol. The third-order valence-corrected chi connectivity index (χ3v) is 10.9. The van der Waals surface area contributed by atoms with Crippen molar-refractivity contribution in [2.75, 3.05) is 14.2 Å². The molecule has 0 bridgehead atoms. The summed E-state index contributed by atoms with van der Waals surface area (Å²) in [6.45, 7) is 0. The Morgan fingerprint density at radius 2 is 0.754 bits per heavy atom. The molecule has 1 aliphatic carbocycles. The number of carbonyl (C=O) groups excluding carboxylic acids is 2. The molecule has 1 aliphatic rings. The summed E-state index contributed by atoms with van der Waals surface area (Å²) in [5.41, 5.74) is 6.16. The van der Waals surface area contributed by atoms with Crippen molar-refractivity contribution < 1.29 is 42.7 Å². The lowest BCUT2D eigenvalue weighted by Gasteiger charge is -2.38. The Morgan fingerprint density at radius 3 is 1.15 bits per heavy atom. The van der Waals surface area contributed by atoms with Gasteiger partial charge in [-0.15, -0.1) is 0 Å². The lowest BCUT2D eigenvalue weighted by atomic mass is 9.65. The number of rotatable bonds is 12. The Bertz CT molecular complexity index is 2540. The van der Waals surface area contributed by atoms with Gasteiger partial charge in [0.25, 0.3) is 0 Å². The van der Waals surface area contributed by atoms with Gasteiger partial charge in [0.1, 0.15) is 46.0 Å². The highest BCUT2D eigenvalue weighted by Gasteiger charge is 2.36. The number of hydrogen-bond acceptors (Lipinski definition) is 9. The third kappa shape index (κ3) is 9.86. The molecule has 9 heteroatoms. The van der Waals surface area contributed by atoms with Crippen LogP contribution in [0.15, 0.2) is 170 Å². The summed E-state index contributed by atoms with van der Waals surface area (Å²) < 4.78 is 38.4. The van der Waals surface area contributed by atoms with Crippen molar-refractivity contribution in [1.29, 1.82) is 0 Å². The number of benzene rings is 7. The average Bonchev–Trinajstić information content (AvgIpc) is 3.30. The standard InChI is InChI=1S/C52H44O9/c1-55-42-21-9-36(10-22-42)37-11-23-43(24-12-37)57-48-7-6-8-49(35-48)58-44-25-13-38(14-26-44)39-15-27-45(28-16-39)60-51(54)61-47-31-19-41(20-32-47)52(33-4-3-5-34-52)40-17-29-46(30-18-40)59-50(53)56-2/h6-32,35H,3-5,33-34H2,1-2H3. The zero-order chi connectivity index (χ0) is 42.0. The van der Waals surface area contributed by atoms with Crippen LogP contribution >= 0.6 is 0 Å². The molecule has 0 spiro atoms. The van der Waals surface area contributed by atoms with Gasteiger partial charge in [-0.3, -0.25) is 0 Å². The largest absolute Gasteiger partial charge is 0.519 e. The number of ether oxygens (including phenoxy) is 7. The highest BCUT2D eigenvalue weighted by atomic mass is 16.7. The molecule has 0 saturated heterocycles. The molecule has 0 atom stereocenters. The van der Waals surface area contributed by atoms with Gasteiger partial charge >= 0.3 is 12.3 Å². The van der Waals surface area contributed by atoms with Gasteiger partial charge in [-0.2, -0.15) is 0 Å². The van der Waals surface area contributed by atoms with Crippen molar-refractivity contribution in [2.45, 2.75) is 37.5 Å². The molecule has 0 amide bonds. The second-order valence-electron chi connectivity index (χ2n) is 14.7. The topological polar surface area (TPSA) is 98.8 Å². The summed E-state index contributed by atoms with van der Waals surface area (Å²) in [4.78, 5) is 24.4. The van der Waals surface area contributed by atoms with Gasteiger partial charge in [-0.1, -0.05) is 98.1 Å². The first kappa shape index (κ1) is 40.3. The second kappa shape index (κ2) is 18.6. The second-order valence-corrected chi connectivity index (χ2v) is 14.7. The van der Waals surface area contributed by atoms with Crippen LogP contribution in [0.4, 0.5) is 9.59 Å². The Morgan fingerprint density at radius 1 is 0.393 bits per heavy atom. The molecule has 7 aromatic carbocycles. The summed E-state index contributed by atoms with van der Waals surface area (Å²) in [6.07, 6.45) is 3.76. The number of carbonyl (C=O) groups is 2. The van der Waals surface area contributed by atoms with Gasteiger partial charge in [0.15, 0.2) is 0 Å². The van der Waals surface area contributed by atoms with E-state index in [4.69, 9.17) is 28.4 Å². The Labute approximate surface area is 355 Å². The van der Waals surface area contributed by atoms with E-state index in [0.717, 1.165) is 70.6 Å². The zero-order valence-corrected chi connectivity index (χ0v) is 33.9. The molecule has 7 aromatic rings. The van der Waals surface area contributed by atoms with Crippen LogP contribution in [0.5, 0.6) is 46.0 Å². The molecule has 0 heterocycles. The van der Waals surface area contributed by atoms with E-state index in [2.05, 4.69) is 4.74 Å². The molecule has 8 rings (SSSR count). The van der Waals surface area contributed by atoms with E-state index >= 15 is 0 Å². The molecule has 0 unspecified atom stereocenters. The van der Waals surface area contributed by atoms with Gasteiger partial charge in [0.05, 0.1) is 14.2 Å². The molecular weight excluding hydrogens is 769 g/mol. The molecule has 61 heavy (non-hydrogen) atoms. The first-order valence-electron chi connectivity index (χ1n) is 20.1. The Balaban J connectivity index is 0.839. The van der Waals surface area contributed by atoms with Crippen molar-refractivity contribution >= 4 is 12.3 Å². The Hall–Kier alpha value is -7.52. The van der Waals surface area contributed by atoms with Crippen molar-refractivity contribution in [3.05, 3.63) is 181 Å². The molecular formula is C52H44O9. The summed E-state index contributed by atoms with van der Waals surface area (Å²) in [5.74, 6) is 4.70. The summed E-state index contributed by atoms with van der Waals surface area (Å²) in [6, 6.07) is 53.6. The molecule has 1 saturated carbocycles. The average molecular weight is 813 g/mol. The van der Waals surface area contributed by atoms with E-state index in [1.807, 2.05) is 133 Å². The van der Waals surface area contributed by atoms with E-state index in [1.165, 1.54) is 13.5 Å². The lowest BCUT2D eigenvalue weighted by molar-refractivity contribution is 0.121. The maximum Gasteiger partial charge on any atom is 0.519 e. The highest BCUT2D eigenvalue weighted by Crippen LogP contribution is 2.45. The van der Waals surface area contributed by atoms with E-state index in [1.54, 1.807) is 43.5 Å². The van der Waals surface area contributed by atoms with Crippen LogP contribution in [0.3, 0.4) is 0 Å². The van der Waals surface area contributed by atoms with Crippen molar-refractivity contribution in [3.63, 3.8) is 0 Å². The minimum Gasteiger partial charge on any atom is -0.497 e. The van der Waals surface area contributed by atoms with Crippen LogP contribution in [0.2, 0.25) is 0 Å². The van der Waals surface area contributed by atoms with Crippen LogP contribution in [0.25, 0.3) is 22.3 Å². The van der Waals surface area contributed by atoms with Gasteiger partial charge in [0.2, 0.25) is 0 Å². The fourth-order valence-corrected chi connectivity index (χ4v) is 7.74. The van der Waals surface area contributed by atoms with Crippen LogP contribution in [-0.2, 0) is 10.2 Å². The number of hydrogen-bond donors (Lipinski definition) is 0. The predicted octanol–water partition coefficient (Wildman–Crippen LogP) is 13.6. The molecule has 306 valence electrons. The van der Waals surface area contributed by atoms with Crippen molar-refractivity contribution in [1.82, 2.24) is 0 Å². The molecule has 0 aromatic heterocycles. The fraction of sp³-hybridized carbons (Fsp3) is 0.154. The molecule has 1 fully saturated rings. The first-order chi connectivity index (χ1) is 29.8. The SMILES string of the molecule is COC(=O)Oc1ccc(C2(c3ccc(OC(=O)Oc4ccc(-c5ccc(Oc6cccc(Oc7ccc(-c8ccc(OC)cc8)cc7)c6)cc5)cc4)cc3)CCCCC2)cc1. The van der Waals surface area contributed by atoms with E-state index in [0.29, 0.717) is 34.5 Å². The molecule has 0 N–H and O–H groups in total. The van der Waals surface area contributed by atoms with E-state index < -0.39 is 12.3 Å². The first-order valence-corrected chi connectivity index (χ1v) is 20.1. The summed E-state index contributed by atoms with van der Waals surface area (Å²) >= 11 is 0. The van der Waals surface area contributed by atoms with Crippen molar-refractivity contribution in [3.8, 4) is 68.2 Å². The maximum atomic E-state index is 12.8. The van der Waals surface area contributed by atoms with Gasteiger partial charge < -0.3 is 33.2 Å². The van der Waals surface area contributed by atoms with Gasteiger partial charge in [-0.05, 0) is 131 Å². The quantitative estimate of drug-likeness (QED) is 0.0882. The van der Waals surface area contributed by atoms with Crippen molar-refractivity contribution in [2.24, 2.45) is 0 Å². The minimum absolute atomic E-state index is 0.202. The molecule has 0 aliphatic heterocycles. The summed E-state index contributed by atoms with van der Waals surface area (Å²) in [7, 11) is 2.94. The van der Waals surface area contributed by atoms with Gasteiger partial charge in [-0.25, -0.2) is 9.59 Å². The van der Waals surface area contributed by atoms with Gasteiger partial charge in [0, 0.05) is 11.5 Å². The van der Waals surface area contributed by atoms with E-state index in [-0.39, 0.29) is 5.41 Å². The lowest BCUT2D eigenvalue weighted by Crippen LogP contribution is -2.30. The summed E-state index contributed by atoms with van der Waals surface area (Å²) in [5, 5.41) is 0. The normalized spacial score (nSPS) is 13.0. The predicted molar refractivity (Wildman–Crippen MR) is 233 cm³/mol. The zero-order valence-electron chi connectivity index (χ0n) is 33.9. The fourth-order valence-electron chi connectivity index (χ4n) is 7.74.